The second-order valence-corrected chi connectivity index (χ2v) is 4.92. The molecule has 0 aromatic heterocycles. The summed E-state index contributed by atoms with van der Waals surface area (Å²) in [6.45, 7) is 1.99. The van der Waals surface area contributed by atoms with Crippen molar-refractivity contribution in [2.75, 3.05) is 0 Å². The molecule has 2 N–H and O–H groups in total. The van der Waals surface area contributed by atoms with Gasteiger partial charge in [-0.15, -0.1) is 0 Å². The average molecular weight is 282 g/mol. The van der Waals surface area contributed by atoms with Gasteiger partial charge in [0, 0.05) is 0 Å². The van der Waals surface area contributed by atoms with E-state index in [9.17, 15) is 9.59 Å². The van der Waals surface area contributed by atoms with Crippen molar-refractivity contribution < 1.29 is 9.59 Å². The van der Waals surface area contributed by atoms with E-state index in [0.29, 0.717) is 0 Å². The molecule has 2 rings (SSSR count). The van der Waals surface area contributed by atoms with Crippen LogP contribution in [0, 0.1) is 6.92 Å². The van der Waals surface area contributed by atoms with Crippen molar-refractivity contribution >= 4 is 11.8 Å². The van der Waals surface area contributed by atoms with E-state index in [-0.39, 0.29) is 24.7 Å². The standard InChI is InChI=1S/C17H18N2O2/c1-13-7-9-15(10-8-13)12-17(21)19-18-16(20)11-14-5-3-2-4-6-14/h2-10H,11-12H2,1H3,(H,18,20)(H,19,21). The average Bonchev–Trinajstić information content (AvgIpc) is 2.49. The van der Waals surface area contributed by atoms with Gasteiger partial charge in [0.05, 0.1) is 12.8 Å². The van der Waals surface area contributed by atoms with Crippen LogP contribution in [0.2, 0.25) is 0 Å². The Bertz CT molecular complexity index is 606. The molecular formula is C17H18N2O2. The highest BCUT2D eigenvalue weighted by molar-refractivity contribution is 5.84. The van der Waals surface area contributed by atoms with Gasteiger partial charge in [0.15, 0.2) is 0 Å². The highest BCUT2D eigenvalue weighted by atomic mass is 16.2. The van der Waals surface area contributed by atoms with Crippen LogP contribution in [-0.4, -0.2) is 11.8 Å². The number of hydrogen-bond acceptors (Lipinski definition) is 2. The summed E-state index contributed by atoms with van der Waals surface area (Å²) in [5, 5.41) is 0. The number of amides is 2. The minimum Gasteiger partial charge on any atom is -0.273 e. The molecule has 0 aliphatic heterocycles. The van der Waals surface area contributed by atoms with Crippen LogP contribution in [0.25, 0.3) is 0 Å². The Morgan fingerprint density at radius 2 is 1.24 bits per heavy atom. The molecule has 21 heavy (non-hydrogen) atoms. The predicted molar refractivity (Wildman–Crippen MR) is 81.3 cm³/mol. The van der Waals surface area contributed by atoms with Gasteiger partial charge in [-0.1, -0.05) is 60.2 Å². The second-order valence-electron chi connectivity index (χ2n) is 4.92. The minimum absolute atomic E-state index is 0.236. The van der Waals surface area contributed by atoms with Crippen LogP contribution in [0.5, 0.6) is 0 Å². The lowest BCUT2D eigenvalue weighted by atomic mass is 10.1. The Kier molecular flexibility index (Phi) is 5.10. The highest BCUT2D eigenvalue weighted by Crippen LogP contribution is 2.03. The smallest absolute Gasteiger partial charge is 0.242 e. The summed E-state index contributed by atoms with van der Waals surface area (Å²) in [6.07, 6.45) is 0.484. The van der Waals surface area contributed by atoms with Gasteiger partial charge in [-0.05, 0) is 18.1 Å². The van der Waals surface area contributed by atoms with Gasteiger partial charge in [0.2, 0.25) is 11.8 Å². The zero-order chi connectivity index (χ0) is 15.1. The molecular weight excluding hydrogens is 264 g/mol. The Hall–Kier alpha value is -2.62. The van der Waals surface area contributed by atoms with E-state index in [2.05, 4.69) is 10.9 Å². The summed E-state index contributed by atoms with van der Waals surface area (Å²) in [5.74, 6) is -0.473. The van der Waals surface area contributed by atoms with Gasteiger partial charge in [0.25, 0.3) is 0 Å². The maximum absolute atomic E-state index is 11.7. The molecule has 0 saturated heterocycles. The van der Waals surface area contributed by atoms with E-state index in [0.717, 1.165) is 16.7 Å². The minimum atomic E-state index is -0.238. The van der Waals surface area contributed by atoms with Crippen molar-refractivity contribution in [3.05, 3.63) is 71.3 Å². The van der Waals surface area contributed by atoms with Crippen LogP contribution >= 0.6 is 0 Å². The third-order valence-corrected chi connectivity index (χ3v) is 3.03. The van der Waals surface area contributed by atoms with Gasteiger partial charge in [0.1, 0.15) is 0 Å². The first-order valence-electron chi connectivity index (χ1n) is 6.80. The zero-order valence-corrected chi connectivity index (χ0v) is 11.9. The second kappa shape index (κ2) is 7.24. The number of rotatable bonds is 4. The summed E-state index contributed by atoms with van der Waals surface area (Å²) < 4.78 is 0. The van der Waals surface area contributed by atoms with Crippen LogP contribution in [0.4, 0.5) is 0 Å². The van der Waals surface area contributed by atoms with E-state index >= 15 is 0 Å². The maximum Gasteiger partial charge on any atom is 0.242 e. The van der Waals surface area contributed by atoms with Gasteiger partial charge < -0.3 is 0 Å². The van der Waals surface area contributed by atoms with Gasteiger partial charge in [-0.2, -0.15) is 0 Å². The third-order valence-electron chi connectivity index (χ3n) is 3.03. The van der Waals surface area contributed by atoms with E-state index in [1.807, 2.05) is 61.5 Å². The number of hydrogen-bond donors (Lipinski definition) is 2. The summed E-state index contributed by atoms with van der Waals surface area (Å²) in [7, 11) is 0. The van der Waals surface area contributed by atoms with E-state index in [1.54, 1.807) is 0 Å². The maximum atomic E-state index is 11.7. The lowest BCUT2D eigenvalue weighted by Gasteiger charge is -2.07. The van der Waals surface area contributed by atoms with Crippen LogP contribution in [0.3, 0.4) is 0 Å². The van der Waals surface area contributed by atoms with Crippen LogP contribution in [0.15, 0.2) is 54.6 Å². The Balaban J connectivity index is 1.76. The van der Waals surface area contributed by atoms with Gasteiger partial charge in [-0.3, -0.25) is 20.4 Å². The van der Waals surface area contributed by atoms with Crippen molar-refractivity contribution in [2.24, 2.45) is 0 Å². The van der Waals surface area contributed by atoms with Gasteiger partial charge >= 0.3 is 0 Å². The van der Waals surface area contributed by atoms with E-state index in [1.165, 1.54) is 0 Å². The molecule has 4 heteroatoms. The number of nitrogens with one attached hydrogen (secondary N) is 2. The third kappa shape index (κ3) is 5.10. The molecule has 2 aromatic carbocycles. The summed E-state index contributed by atoms with van der Waals surface area (Å²) in [5.41, 5.74) is 7.82. The highest BCUT2D eigenvalue weighted by Gasteiger charge is 2.06. The van der Waals surface area contributed by atoms with Gasteiger partial charge in [-0.25, -0.2) is 0 Å². The Labute approximate surface area is 124 Å². The van der Waals surface area contributed by atoms with Crippen molar-refractivity contribution in [1.82, 2.24) is 10.9 Å². The number of hydrazine groups is 1. The summed E-state index contributed by atoms with van der Waals surface area (Å²) >= 11 is 0. The summed E-state index contributed by atoms with van der Waals surface area (Å²) in [4.78, 5) is 23.4. The lowest BCUT2D eigenvalue weighted by molar-refractivity contribution is -0.128. The SMILES string of the molecule is Cc1ccc(CC(=O)NNC(=O)Cc2ccccc2)cc1. The first-order valence-corrected chi connectivity index (χ1v) is 6.80. The van der Waals surface area contributed by atoms with Crippen molar-refractivity contribution in [1.29, 1.82) is 0 Å². The van der Waals surface area contributed by atoms with Crippen molar-refractivity contribution in [3.63, 3.8) is 0 Å². The molecule has 0 radical (unpaired) electrons. The Morgan fingerprint density at radius 1 is 0.762 bits per heavy atom. The largest absolute Gasteiger partial charge is 0.273 e. The molecule has 108 valence electrons. The van der Waals surface area contributed by atoms with E-state index < -0.39 is 0 Å². The van der Waals surface area contributed by atoms with Crippen molar-refractivity contribution in [3.8, 4) is 0 Å². The van der Waals surface area contributed by atoms with Crippen LogP contribution in [-0.2, 0) is 22.4 Å². The quantitative estimate of drug-likeness (QED) is 0.842. The monoisotopic (exact) mass is 282 g/mol. The molecule has 2 amide bonds. The van der Waals surface area contributed by atoms with E-state index in [4.69, 9.17) is 0 Å². The zero-order valence-electron chi connectivity index (χ0n) is 11.9. The fourth-order valence-electron chi connectivity index (χ4n) is 1.90. The van der Waals surface area contributed by atoms with Crippen LogP contribution in [0.1, 0.15) is 16.7 Å². The molecule has 0 unspecified atom stereocenters. The molecule has 0 spiro atoms. The molecule has 0 fully saturated rings. The molecule has 4 nitrogen and oxygen atoms in total. The van der Waals surface area contributed by atoms with Crippen molar-refractivity contribution in [2.45, 2.75) is 19.8 Å². The number of aryl methyl sites for hydroxylation is 1. The number of carbonyl (C=O) groups excluding carboxylic acids is 2. The molecule has 0 heterocycles. The first kappa shape index (κ1) is 14.8. The molecule has 0 aliphatic carbocycles. The normalized spacial score (nSPS) is 9.95. The number of carbonyl (C=O) groups is 2. The molecule has 0 bridgehead atoms. The fraction of sp³-hybridized carbons (Fsp3) is 0.176. The molecule has 0 atom stereocenters. The summed E-state index contributed by atoms with van der Waals surface area (Å²) in [6, 6.07) is 17.1. The molecule has 0 saturated carbocycles. The van der Waals surface area contributed by atoms with Crippen LogP contribution < -0.4 is 10.9 Å². The molecule has 2 aromatic rings. The topological polar surface area (TPSA) is 58.2 Å². The fourth-order valence-corrected chi connectivity index (χ4v) is 1.90. The predicted octanol–water partition coefficient (Wildman–Crippen LogP) is 1.93. The lowest BCUT2D eigenvalue weighted by Crippen LogP contribution is -2.43. The molecule has 0 aliphatic rings. The Morgan fingerprint density at radius 3 is 1.76 bits per heavy atom. The first-order chi connectivity index (χ1) is 10.1. The number of benzene rings is 2.